The Morgan fingerprint density at radius 1 is 1.18 bits per heavy atom. The van der Waals surface area contributed by atoms with E-state index in [2.05, 4.69) is 21.8 Å². The van der Waals surface area contributed by atoms with E-state index in [0.29, 0.717) is 38.8 Å². The molecule has 1 N–H and O–H groups in total. The molecule has 0 radical (unpaired) electrons. The van der Waals surface area contributed by atoms with Gasteiger partial charge in [0.2, 0.25) is 5.78 Å². The minimum absolute atomic E-state index is 0.0280. The number of aromatic amines is 1. The molecule has 0 aliphatic carbocycles. The van der Waals surface area contributed by atoms with Crippen molar-refractivity contribution in [3.63, 3.8) is 0 Å². The van der Waals surface area contributed by atoms with Crippen LogP contribution >= 0.6 is 11.8 Å². The average Bonchev–Trinajstić information content (AvgIpc) is 3.35. The monoisotopic (exact) mass is 465 g/mol. The highest BCUT2D eigenvalue weighted by atomic mass is 32.2. The molecule has 1 aromatic carbocycles. The van der Waals surface area contributed by atoms with E-state index >= 15 is 0 Å². The number of esters is 1. The summed E-state index contributed by atoms with van der Waals surface area (Å²) in [4.78, 5) is 41.5. The van der Waals surface area contributed by atoms with Crippen molar-refractivity contribution >= 4 is 40.2 Å². The van der Waals surface area contributed by atoms with Crippen LogP contribution in [0.3, 0.4) is 0 Å². The van der Waals surface area contributed by atoms with Crippen molar-refractivity contribution in [1.29, 1.82) is 0 Å². The van der Waals surface area contributed by atoms with Crippen LogP contribution in [0.4, 0.5) is 0 Å². The summed E-state index contributed by atoms with van der Waals surface area (Å²) < 4.78 is 8.39. The van der Waals surface area contributed by atoms with E-state index in [1.165, 1.54) is 16.3 Å². The van der Waals surface area contributed by atoms with Crippen LogP contribution in [0.15, 0.2) is 46.9 Å². The molecule has 10 heteroatoms. The number of H-pyrrole nitrogens is 1. The Kier molecular flexibility index (Phi) is 6.19. The first-order chi connectivity index (χ1) is 15.9. The van der Waals surface area contributed by atoms with Crippen molar-refractivity contribution in [2.24, 2.45) is 0 Å². The summed E-state index contributed by atoms with van der Waals surface area (Å²) in [6.07, 6.45) is 1.62. The highest BCUT2D eigenvalue weighted by Crippen LogP contribution is 2.25. The van der Waals surface area contributed by atoms with E-state index in [1.807, 2.05) is 12.1 Å². The SMILES string of the molecule is C=CCn1c(=O)c2ccccc2n2c(SCC(=O)c3c(C)[nH]c(C)c3C(=O)OCC)nnc12. The third kappa shape index (κ3) is 3.86. The van der Waals surface area contributed by atoms with Gasteiger partial charge in [0.05, 0.1) is 34.4 Å². The quantitative estimate of drug-likeness (QED) is 0.184. The van der Waals surface area contributed by atoms with Crippen molar-refractivity contribution in [3.05, 3.63) is 69.8 Å². The first-order valence-electron chi connectivity index (χ1n) is 10.4. The molecule has 0 aliphatic rings. The number of Topliss-reactive ketones (excluding diaryl/α,β-unsaturated/α-hetero) is 1. The molecule has 3 aromatic heterocycles. The van der Waals surface area contributed by atoms with Crippen LogP contribution < -0.4 is 5.56 Å². The molecular formula is C23H23N5O4S. The number of nitrogens with one attached hydrogen (secondary N) is 1. The van der Waals surface area contributed by atoms with E-state index in [1.54, 1.807) is 43.4 Å². The van der Waals surface area contributed by atoms with Crippen molar-refractivity contribution < 1.29 is 14.3 Å². The molecule has 0 saturated heterocycles. The number of para-hydroxylation sites is 1. The third-order valence-electron chi connectivity index (χ3n) is 5.26. The second-order valence-corrected chi connectivity index (χ2v) is 8.34. The number of ketones is 1. The molecule has 0 amide bonds. The van der Waals surface area contributed by atoms with Crippen molar-refractivity contribution in [3.8, 4) is 0 Å². The maximum Gasteiger partial charge on any atom is 0.340 e. The Morgan fingerprint density at radius 2 is 1.91 bits per heavy atom. The lowest BCUT2D eigenvalue weighted by atomic mass is 10.1. The van der Waals surface area contributed by atoms with Crippen LogP contribution in [0.5, 0.6) is 0 Å². The van der Waals surface area contributed by atoms with Crippen LogP contribution in [0.25, 0.3) is 16.7 Å². The van der Waals surface area contributed by atoms with Gasteiger partial charge < -0.3 is 9.72 Å². The predicted molar refractivity (Wildman–Crippen MR) is 126 cm³/mol. The fourth-order valence-electron chi connectivity index (χ4n) is 3.91. The van der Waals surface area contributed by atoms with Gasteiger partial charge in [-0.25, -0.2) is 4.79 Å². The molecule has 0 fully saturated rings. The smallest absolute Gasteiger partial charge is 0.340 e. The van der Waals surface area contributed by atoms with Crippen LogP contribution in [0.2, 0.25) is 0 Å². The van der Waals surface area contributed by atoms with Gasteiger partial charge in [-0.1, -0.05) is 30.0 Å². The second kappa shape index (κ2) is 9.07. The fourth-order valence-corrected chi connectivity index (χ4v) is 4.72. The van der Waals surface area contributed by atoms with Crippen molar-refractivity contribution in [2.45, 2.75) is 32.5 Å². The van der Waals surface area contributed by atoms with Gasteiger partial charge in [0.25, 0.3) is 5.56 Å². The van der Waals surface area contributed by atoms with Gasteiger partial charge in [0.1, 0.15) is 0 Å². The van der Waals surface area contributed by atoms with Gasteiger partial charge in [0, 0.05) is 17.9 Å². The van der Waals surface area contributed by atoms with E-state index in [-0.39, 0.29) is 35.8 Å². The zero-order chi connectivity index (χ0) is 23.7. The molecule has 4 aromatic rings. The Balaban J connectivity index is 1.74. The van der Waals surface area contributed by atoms with Gasteiger partial charge in [-0.3, -0.25) is 18.6 Å². The number of benzene rings is 1. The number of allylic oxidation sites excluding steroid dienone is 1. The second-order valence-electron chi connectivity index (χ2n) is 7.40. The van der Waals surface area contributed by atoms with Crippen LogP contribution in [-0.4, -0.2) is 48.3 Å². The van der Waals surface area contributed by atoms with Crippen LogP contribution in [0, 0.1) is 13.8 Å². The number of carbonyl (C=O) groups is 2. The summed E-state index contributed by atoms with van der Waals surface area (Å²) in [5.41, 5.74) is 2.25. The van der Waals surface area contributed by atoms with E-state index in [0.717, 1.165) is 0 Å². The predicted octanol–water partition coefficient (Wildman–Crippen LogP) is 3.33. The average molecular weight is 466 g/mol. The standard InChI is InChI=1S/C23H23N5O4S/c1-5-11-27-20(30)15-9-7-8-10-16(15)28-22(27)25-26-23(28)33-12-17(29)18-13(3)24-14(4)19(18)21(31)32-6-2/h5,7-10,24H,1,6,11-12H2,2-4H3. The minimum Gasteiger partial charge on any atom is -0.462 e. The maximum atomic E-state index is 13.2. The normalized spacial score (nSPS) is 11.2. The van der Waals surface area contributed by atoms with Gasteiger partial charge in [0.15, 0.2) is 10.9 Å². The molecule has 0 bridgehead atoms. The topological polar surface area (TPSA) is 111 Å². The molecule has 3 heterocycles. The molecular weight excluding hydrogens is 442 g/mol. The lowest BCUT2D eigenvalue weighted by Crippen LogP contribution is -2.22. The van der Waals surface area contributed by atoms with Gasteiger partial charge in [-0.15, -0.1) is 16.8 Å². The molecule has 9 nitrogen and oxygen atoms in total. The number of hydrogen-bond donors (Lipinski definition) is 1. The molecule has 33 heavy (non-hydrogen) atoms. The Bertz CT molecular complexity index is 1460. The minimum atomic E-state index is -0.528. The van der Waals surface area contributed by atoms with Gasteiger partial charge in [-0.05, 0) is 32.9 Å². The molecule has 0 saturated carbocycles. The third-order valence-corrected chi connectivity index (χ3v) is 6.18. The summed E-state index contributed by atoms with van der Waals surface area (Å²) in [7, 11) is 0. The summed E-state index contributed by atoms with van der Waals surface area (Å²) in [6.45, 7) is 9.42. The molecule has 170 valence electrons. The summed E-state index contributed by atoms with van der Waals surface area (Å²) >= 11 is 1.19. The number of aryl methyl sites for hydroxylation is 2. The van der Waals surface area contributed by atoms with Gasteiger partial charge in [-0.2, -0.15) is 0 Å². The number of ether oxygens (including phenoxy) is 1. The zero-order valence-electron chi connectivity index (χ0n) is 18.5. The first kappa shape index (κ1) is 22.5. The van der Waals surface area contributed by atoms with E-state index in [9.17, 15) is 14.4 Å². The largest absolute Gasteiger partial charge is 0.462 e. The number of carbonyl (C=O) groups excluding carboxylic acids is 2. The Hall–Kier alpha value is -3.66. The zero-order valence-corrected chi connectivity index (χ0v) is 19.4. The van der Waals surface area contributed by atoms with E-state index in [4.69, 9.17) is 4.74 Å². The lowest BCUT2D eigenvalue weighted by Gasteiger charge is -2.09. The number of nitrogens with zero attached hydrogens (tertiary/aromatic N) is 4. The highest BCUT2D eigenvalue weighted by Gasteiger charge is 2.26. The summed E-state index contributed by atoms with van der Waals surface area (Å²) in [5.74, 6) is -0.361. The number of thioether (sulfide) groups is 1. The Morgan fingerprint density at radius 3 is 2.64 bits per heavy atom. The van der Waals surface area contributed by atoms with Crippen molar-refractivity contribution in [2.75, 3.05) is 12.4 Å². The van der Waals surface area contributed by atoms with Crippen LogP contribution in [-0.2, 0) is 11.3 Å². The first-order valence-corrected chi connectivity index (χ1v) is 11.4. The fraction of sp³-hybridized carbons (Fsp3) is 0.261. The van der Waals surface area contributed by atoms with Crippen molar-refractivity contribution in [1.82, 2.24) is 24.1 Å². The number of rotatable bonds is 8. The van der Waals surface area contributed by atoms with Gasteiger partial charge >= 0.3 is 5.97 Å². The summed E-state index contributed by atoms with van der Waals surface area (Å²) in [6, 6.07) is 7.18. The molecule has 0 spiro atoms. The molecule has 0 unspecified atom stereocenters. The van der Waals surface area contributed by atoms with E-state index < -0.39 is 5.97 Å². The lowest BCUT2D eigenvalue weighted by molar-refractivity contribution is 0.0522. The molecule has 0 atom stereocenters. The maximum absolute atomic E-state index is 13.2. The van der Waals surface area contributed by atoms with Crippen LogP contribution in [0.1, 0.15) is 39.0 Å². The number of fused-ring (bicyclic) bond motifs is 3. The Labute approximate surface area is 193 Å². The summed E-state index contributed by atoms with van der Waals surface area (Å²) in [5, 5.41) is 9.43. The molecule has 4 rings (SSSR count). The molecule has 0 aliphatic heterocycles. The highest BCUT2D eigenvalue weighted by molar-refractivity contribution is 7.99. The number of hydrogen-bond acceptors (Lipinski definition) is 7. The number of aromatic nitrogens is 5.